The number of nitrogens with one attached hydrogen (secondary N) is 1. The SMILES string of the molecule is COc1cc(C=CC(=O)N(Cc2ccc3[nH]ccc3c2)C2CC2)cc(OC)c1OC. The van der Waals surface area contributed by atoms with Gasteiger partial charge in [-0.05, 0) is 65.8 Å². The minimum absolute atomic E-state index is 0.000386. The molecule has 1 heterocycles. The standard InChI is InChI=1S/C24H26N2O4/c1-28-21-13-16(14-22(29-2)24(21)30-3)5-9-23(27)26(19-6-7-19)15-17-4-8-20-18(12-17)10-11-25-20/h4-5,8-14,19,25H,6-7,15H2,1-3H3. The summed E-state index contributed by atoms with van der Waals surface area (Å²) in [6.45, 7) is 0.601. The third-order valence-corrected chi connectivity index (χ3v) is 5.35. The first-order valence-electron chi connectivity index (χ1n) is 9.97. The smallest absolute Gasteiger partial charge is 0.247 e. The maximum Gasteiger partial charge on any atom is 0.247 e. The first kappa shape index (κ1) is 19.9. The number of methoxy groups -OCH3 is 3. The van der Waals surface area contributed by atoms with E-state index in [1.54, 1.807) is 33.5 Å². The van der Waals surface area contributed by atoms with Gasteiger partial charge >= 0.3 is 0 Å². The molecule has 4 rings (SSSR count). The summed E-state index contributed by atoms with van der Waals surface area (Å²) in [7, 11) is 4.72. The van der Waals surface area contributed by atoms with E-state index in [0.29, 0.717) is 29.8 Å². The lowest BCUT2D eigenvalue weighted by Crippen LogP contribution is -2.31. The molecule has 0 bridgehead atoms. The molecule has 156 valence electrons. The Balaban J connectivity index is 1.54. The van der Waals surface area contributed by atoms with Gasteiger partial charge < -0.3 is 24.1 Å². The Kier molecular flexibility index (Phi) is 5.65. The van der Waals surface area contributed by atoms with Crippen LogP contribution in [0.1, 0.15) is 24.0 Å². The predicted molar refractivity (Wildman–Crippen MR) is 117 cm³/mol. The molecule has 1 saturated carbocycles. The lowest BCUT2D eigenvalue weighted by atomic mass is 10.1. The summed E-state index contributed by atoms with van der Waals surface area (Å²) in [5.74, 6) is 1.65. The van der Waals surface area contributed by atoms with Crippen molar-refractivity contribution in [2.75, 3.05) is 21.3 Å². The third-order valence-electron chi connectivity index (χ3n) is 5.35. The number of hydrogen-bond acceptors (Lipinski definition) is 4. The second-order valence-corrected chi connectivity index (χ2v) is 7.39. The average Bonchev–Trinajstić information content (AvgIpc) is 3.51. The fourth-order valence-electron chi connectivity index (χ4n) is 3.63. The Bertz CT molecular complexity index is 1060. The molecule has 6 nitrogen and oxygen atoms in total. The van der Waals surface area contributed by atoms with Crippen molar-refractivity contribution in [1.82, 2.24) is 9.88 Å². The van der Waals surface area contributed by atoms with Crippen LogP contribution in [0, 0.1) is 0 Å². The number of benzene rings is 2. The Morgan fingerprint density at radius 3 is 2.43 bits per heavy atom. The van der Waals surface area contributed by atoms with Gasteiger partial charge in [-0.3, -0.25) is 4.79 Å². The molecule has 2 aromatic carbocycles. The summed E-state index contributed by atoms with van der Waals surface area (Å²) < 4.78 is 16.1. The Hall–Kier alpha value is -3.41. The lowest BCUT2D eigenvalue weighted by molar-refractivity contribution is -0.127. The van der Waals surface area contributed by atoms with Crippen LogP contribution >= 0.6 is 0 Å². The fraction of sp³-hybridized carbons (Fsp3) is 0.292. The zero-order valence-electron chi connectivity index (χ0n) is 17.5. The molecular weight excluding hydrogens is 380 g/mol. The number of aromatic amines is 1. The molecule has 6 heteroatoms. The molecule has 0 unspecified atom stereocenters. The number of nitrogens with zero attached hydrogens (tertiary/aromatic N) is 1. The first-order chi connectivity index (χ1) is 14.6. The van der Waals surface area contributed by atoms with Crippen molar-refractivity contribution in [3.8, 4) is 17.2 Å². The fourth-order valence-corrected chi connectivity index (χ4v) is 3.63. The summed E-state index contributed by atoms with van der Waals surface area (Å²) in [6.07, 6.45) is 7.44. The number of carbonyl (C=O) groups is 1. The normalized spacial score (nSPS) is 13.6. The van der Waals surface area contributed by atoms with Crippen molar-refractivity contribution in [1.29, 1.82) is 0 Å². The molecule has 0 spiro atoms. The van der Waals surface area contributed by atoms with E-state index in [9.17, 15) is 4.79 Å². The summed E-state index contributed by atoms with van der Waals surface area (Å²) in [5, 5.41) is 1.16. The van der Waals surface area contributed by atoms with Gasteiger partial charge in [0.25, 0.3) is 0 Å². The number of aromatic nitrogens is 1. The van der Waals surface area contributed by atoms with Gasteiger partial charge in [0.15, 0.2) is 11.5 Å². The van der Waals surface area contributed by atoms with Crippen LogP contribution in [0.15, 0.2) is 48.7 Å². The van der Waals surface area contributed by atoms with Crippen LogP contribution in [0.4, 0.5) is 0 Å². The maximum absolute atomic E-state index is 13.0. The number of H-pyrrole nitrogens is 1. The maximum atomic E-state index is 13.0. The van der Waals surface area contributed by atoms with Crippen LogP contribution in [-0.2, 0) is 11.3 Å². The highest BCUT2D eigenvalue weighted by molar-refractivity contribution is 5.92. The van der Waals surface area contributed by atoms with Gasteiger partial charge in [0.1, 0.15) is 0 Å². The van der Waals surface area contributed by atoms with E-state index in [2.05, 4.69) is 23.2 Å². The van der Waals surface area contributed by atoms with Crippen LogP contribution in [0.5, 0.6) is 17.2 Å². The Labute approximate surface area is 176 Å². The second kappa shape index (κ2) is 8.53. The van der Waals surface area contributed by atoms with Gasteiger partial charge in [0.2, 0.25) is 11.7 Å². The molecule has 3 aromatic rings. The van der Waals surface area contributed by atoms with Crippen molar-refractivity contribution in [2.45, 2.75) is 25.4 Å². The number of amides is 1. The van der Waals surface area contributed by atoms with Crippen LogP contribution in [0.2, 0.25) is 0 Å². The molecule has 1 aromatic heterocycles. The van der Waals surface area contributed by atoms with Crippen molar-refractivity contribution >= 4 is 22.9 Å². The van der Waals surface area contributed by atoms with E-state index in [0.717, 1.165) is 34.9 Å². The quantitative estimate of drug-likeness (QED) is 0.563. The van der Waals surface area contributed by atoms with Crippen molar-refractivity contribution in [3.63, 3.8) is 0 Å². The van der Waals surface area contributed by atoms with Crippen molar-refractivity contribution in [2.24, 2.45) is 0 Å². The van der Waals surface area contributed by atoms with E-state index in [-0.39, 0.29) is 5.91 Å². The van der Waals surface area contributed by atoms with Crippen LogP contribution < -0.4 is 14.2 Å². The van der Waals surface area contributed by atoms with Crippen LogP contribution in [-0.4, -0.2) is 43.2 Å². The molecule has 0 saturated heterocycles. The van der Waals surface area contributed by atoms with Gasteiger partial charge in [-0.25, -0.2) is 0 Å². The summed E-state index contributed by atoms with van der Waals surface area (Å²) in [4.78, 5) is 18.1. The van der Waals surface area contributed by atoms with Gasteiger partial charge in [-0.2, -0.15) is 0 Å². The van der Waals surface area contributed by atoms with Gasteiger partial charge in [0, 0.05) is 30.4 Å². The second-order valence-electron chi connectivity index (χ2n) is 7.39. The summed E-state index contributed by atoms with van der Waals surface area (Å²) >= 11 is 0. The number of fused-ring (bicyclic) bond motifs is 1. The number of rotatable bonds is 8. The monoisotopic (exact) mass is 406 g/mol. The highest BCUT2D eigenvalue weighted by atomic mass is 16.5. The average molecular weight is 406 g/mol. The molecule has 1 fully saturated rings. The predicted octanol–water partition coefficient (Wildman–Crippen LogP) is 4.40. The topological polar surface area (TPSA) is 63.8 Å². The molecule has 0 radical (unpaired) electrons. The minimum Gasteiger partial charge on any atom is -0.493 e. The molecular formula is C24H26N2O4. The van der Waals surface area contributed by atoms with E-state index in [1.807, 2.05) is 29.3 Å². The summed E-state index contributed by atoms with van der Waals surface area (Å²) in [6, 6.07) is 12.3. The molecule has 30 heavy (non-hydrogen) atoms. The van der Waals surface area contributed by atoms with Crippen molar-refractivity contribution < 1.29 is 19.0 Å². The first-order valence-corrected chi connectivity index (χ1v) is 9.97. The third kappa shape index (κ3) is 4.13. The molecule has 0 aliphatic heterocycles. The molecule has 1 aliphatic rings. The molecule has 1 aliphatic carbocycles. The van der Waals surface area contributed by atoms with E-state index in [4.69, 9.17) is 14.2 Å². The lowest BCUT2D eigenvalue weighted by Gasteiger charge is -2.21. The number of hydrogen-bond donors (Lipinski definition) is 1. The zero-order valence-corrected chi connectivity index (χ0v) is 17.5. The largest absolute Gasteiger partial charge is 0.493 e. The molecule has 1 amide bonds. The summed E-state index contributed by atoms with van der Waals surface area (Å²) in [5.41, 5.74) is 3.04. The Morgan fingerprint density at radius 2 is 1.80 bits per heavy atom. The number of ether oxygens (including phenoxy) is 3. The van der Waals surface area contributed by atoms with Crippen molar-refractivity contribution in [3.05, 3.63) is 59.8 Å². The zero-order chi connectivity index (χ0) is 21.1. The van der Waals surface area contributed by atoms with Crippen LogP contribution in [0.3, 0.4) is 0 Å². The highest BCUT2D eigenvalue weighted by Gasteiger charge is 2.31. The van der Waals surface area contributed by atoms with E-state index >= 15 is 0 Å². The molecule has 0 atom stereocenters. The highest BCUT2D eigenvalue weighted by Crippen LogP contribution is 2.38. The number of carbonyl (C=O) groups excluding carboxylic acids is 1. The van der Waals surface area contributed by atoms with Gasteiger partial charge in [-0.1, -0.05) is 6.07 Å². The molecule has 1 N–H and O–H groups in total. The van der Waals surface area contributed by atoms with Gasteiger partial charge in [0.05, 0.1) is 21.3 Å². The van der Waals surface area contributed by atoms with Crippen LogP contribution in [0.25, 0.3) is 17.0 Å². The Morgan fingerprint density at radius 1 is 1.07 bits per heavy atom. The van der Waals surface area contributed by atoms with E-state index in [1.165, 1.54) is 0 Å². The minimum atomic E-state index is 0.000386. The van der Waals surface area contributed by atoms with E-state index < -0.39 is 0 Å². The van der Waals surface area contributed by atoms with Gasteiger partial charge in [-0.15, -0.1) is 0 Å².